The van der Waals surface area contributed by atoms with Gasteiger partial charge < -0.3 is 9.47 Å². The molecule has 114 valence electrons. The van der Waals surface area contributed by atoms with E-state index < -0.39 is 10.0 Å². The Balaban J connectivity index is 3.18. The summed E-state index contributed by atoms with van der Waals surface area (Å²) in [5.41, 5.74) is 0.950. The third kappa shape index (κ3) is 4.19. The summed E-state index contributed by atoms with van der Waals surface area (Å²) in [4.78, 5) is 0.161. The lowest BCUT2D eigenvalue weighted by molar-refractivity contribution is 0.180. The number of sulfonamides is 1. The maximum Gasteiger partial charge on any atom is 0.244 e. The van der Waals surface area contributed by atoms with E-state index in [0.717, 1.165) is 5.56 Å². The van der Waals surface area contributed by atoms with Crippen LogP contribution >= 0.6 is 0 Å². The highest BCUT2D eigenvalue weighted by Crippen LogP contribution is 2.28. The van der Waals surface area contributed by atoms with E-state index in [-0.39, 0.29) is 16.9 Å². The molecule has 0 fully saturated rings. The van der Waals surface area contributed by atoms with Crippen LogP contribution in [-0.4, -0.2) is 35.3 Å². The van der Waals surface area contributed by atoms with Gasteiger partial charge in [0, 0.05) is 13.2 Å². The second-order valence-corrected chi connectivity index (χ2v) is 6.73. The fourth-order valence-corrected chi connectivity index (χ4v) is 3.31. The van der Waals surface area contributed by atoms with E-state index in [0.29, 0.717) is 12.4 Å². The number of methoxy groups -OCH3 is 2. The van der Waals surface area contributed by atoms with Crippen LogP contribution in [0.4, 0.5) is 0 Å². The Morgan fingerprint density at radius 2 is 1.85 bits per heavy atom. The summed E-state index contributed by atoms with van der Waals surface area (Å²) in [5.74, 6) is 0.581. The molecule has 5 nitrogen and oxygen atoms in total. The SMILES string of the molecule is COC[C@H](C)NS(=O)(=O)c1cc(C(C)C)ccc1OC. The van der Waals surface area contributed by atoms with E-state index in [4.69, 9.17) is 9.47 Å². The van der Waals surface area contributed by atoms with Gasteiger partial charge in [-0.3, -0.25) is 0 Å². The summed E-state index contributed by atoms with van der Waals surface area (Å²) in [6, 6.07) is 4.91. The Labute approximate surface area is 121 Å². The molecule has 0 aliphatic heterocycles. The first-order valence-electron chi connectivity index (χ1n) is 6.51. The molecule has 6 heteroatoms. The molecular formula is C14H23NO4S. The first-order chi connectivity index (χ1) is 9.31. The molecule has 0 aliphatic carbocycles. The van der Waals surface area contributed by atoms with Crippen molar-refractivity contribution in [2.75, 3.05) is 20.8 Å². The molecule has 0 saturated carbocycles. The topological polar surface area (TPSA) is 64.6 Å². The van der Waals surface area contributed by atoms with Gasteiger partial charge in [-0.1, -0.05) is 19.9 Å². The van der Waals surface area contributed by atoms with Crippen LogP contribution in [0.5, 0.6) is 5.75 Å². The minimum atomic E-state index is -3.64. The van der Waals surface area contributed by atoms with E-state index in [1.54, 1.807) is 19.1 Å². The van der Waals surface area contributed by atoms with Crippen LogP contribution in [-0.2, 0) is 14.8 Å². The van der Waals surface area contributed by atoms with Crippen molar-refractivity contribution in [3.05, 3.63) is 23.8 Å². The van der Waals surface area contributed by atoms with E-state index in [9.17, 15) is 8.42 Å². The predicted octanol–water partition coefficient (Wildman–Crippen LogP) is 2.13. The van der Waals surface area contributed by atoms with Gasteiger partial charge in [-0.05, 0) is 30.5 Å². The molecule has 20 heavy (non-hydrogen) atoms. The number of benzene rings is 1. The molecule has 1 aromatic carbocycles. The third-order valence-corrected chi connectivity index (χ3v) is 4.53. The third-order valence-electron chi connectivity index (χ3n) is 2.92. The van der Waals surface area contributed by atoms with Gasteiger partial charge in [-0.2, -0.15) is 0 Å². The first kappa shape index (κ1) is 16.9. The van der Waals surface area contributed by atoms with Crippen LogP contribution in [0.25, 0.3) is 0 Å². The van der Waals surface area contributed by atoms with E-state index in [2.05, 4.69) is 4.72 Å². The van der Waals surface area contributed by atoms with Gasteiger partial charge in [-0.15, -0.1) is 0 Å². The number of nitrogens with one attached hydrogen (secondary N) is 1. The van der Waals surface area contributed by atoms with Crippen molar-refractivity contribution in [2.24, 2.45) is 0 Å². The zero-order valence-electron chi connectivity index (χ0n) is 12.6. The van der Waals surface area contributed by atoms with Gasteiger partial charge in [0.05, 0.1) is 13.7 Å². The molecule has 0 heterocycles. The van der Waals surface area contributed by atoms with Gasteiger partial charge in [0.1, 0.15) is 10.6 Å². The molecule has 0 aliphatic rings. The van der Waals surface area contributed by atoms with Gasteiger partial charge in [0.15, 0.2) is 0 Å². The molecule has 0 amide bonds. The molecule has 0 unspecified atom stereocenters. The molecule has 0 spiro atoms. The second kappa shape index (κ2) is 7.06. The number of hydrogen-bond acceptors (Lipinski definition) is 4. The molecule has 1 aromatic rings. The van der Waals surface area contributed by atoms with Crippen LogP contribution in [0.15, 0.2) is 23.1 Å². The standard InChI is InChI=1S/C14H23NO4S/c1-10(2)12-6-7-13(19-5)14(8-12)20(16,17)15-11(3)9-18-4/h6-8,10-11,15H,9H2,1-5H3/t11-/m0/s1. The molecule has 0 aromatic heterocycles. The Morgan fingerprint density at radius 3 is 2.35 bits per heavy atom. The number of hydrogen-bond donors (Lipinski definition) is 1. The number of rotatable bonds is 7. The minimum absolute atomic E-state index is 0.161. The Morgan fingerprint density at radius 1 is 1.20 bits per heavy atom. The lowest BCUT2D eigenvalue weighted by Crippen LogP contribution is -2.35. The molecule has 0 bridgehead atoms. The van der Waals surface area contributed by atoms with Crippen LogP contribution in [0.1, 0.15) is 32.3 Å². The Hall–Kier alpha value is -1.11. The van der Waals surface area contributed by atoms with Crippen LogP contribution in [0.2, 0.25) is 0 Å². The van der Waals surface area contributed by atoms with Crippen molar-refractivity contribution in [3.8, 4) is 5.75 Å². The molecule has 1 N–H and O–H groups in total. The molecule has 0 saturated heterocycles. The minimum Gasteiger partial charge on any atom is -0.495 e. The van der Waals surface area contributed by atoms with E-state index in [1.165, 1.54) is 14.2 Å². The van der Waals surface area contributed by atoms with Crippen molar-refractivity contribution in [2.45, 2.75) is 37.6 Å². The summed E-state index contributed by atoms with van der Waals surface area (Å²) < 4.78 is 37.5. The van der Waals surface area contributed by atoms with Crippen LogP contribution in [0, 0.1) is 0 Å². The van der Waals surface area contributed by atoms with Gasteiger partial charge in [0.2, 0.25) is 10.0 Å². The van der Waals surface area contributed by atoms with E-state index in [1.807, 2.05) is 19.9 Å². The van der Waals surface area contributed by atoms with Gasteiger partial charge in [0.25, 0.3) is 0 Å². The van der Waals surface area contributed by atoms with E-state index >= 15 is 0 Å². The zero-order valence-corrected chi connectivity index (χ0v) is 13.5. The van der Waals surface area contributed by atoms with Crippen molar-refractivity contribution < 1.29 is 17.9 Å². The summed E-state index contributed by atoms with van der Waals surface area (Å²) in [6.45, 7) is 6.09. The largest absolute Gasteiger partial charge is 0.495 e. The average Bonchev–Trinajstić information content (AvgIpc) is 2.37. The highest BCUT2D eigenvalue weighted by molar-refractivity contribution is 7.89. The summed E-state index contributed by atoms with van der Waals surface area (Å²) in [7, 11) is -0.643. The fourth-order valence-electron chi connectivity index (χ4n) is 1.87. The normalized spacial score (nSPS) is 13.5. The molecule has 1 rings (SSSR count). The summed E-state index contributed by atoms with van der Waals surface area (Å²) in [5, 5.41) is 0. The maximum absolute atomic E-state index is 12.4. The first-order valence-corrected chi connectivity index (χ1v) is 7.99. The molecular weight excluding hydrogens is 278 g/mol. The number of ether oxygens (including phenoxy) is 2. The summed E-state index contributed by atoms with van der Waals surface area (Å²) >= 11 is 0. The lowest BCUT2D eigenvalue weighted by Gasteiger charge is -2.16. The van der Waals surface area contributed by atoms with Gasteiger partial charge in [-0.25, -0.2) is 13.1 Å². The highest BCUT2D eigenvalue weighted by Gasteiger charge is 2.22. The van der Waals surface area contributed by atoms with Crippen molar-refractivity contribution >= 4 is 10.0 Å². The highest BCUT2D eigenvalue weighted by atomic mass is 32.2. The molecule has 0 radical (unpaired) electrons. The predicted molar refractivity (Wildman–Crippen MR) is 78.7 cm³/mol. The Kier molecular flexibility index (Phi) is 5.98. The van der Waals surface area contributed by atoms with Crippen molar-refractivity contribution in [1.82, 2.24) is 4.72 Å². The fraction of sp³-hybridized carbons (Fsp3) is 0.571. The van der Waals surface area contributed by atoms with Crippen molar-refractivity contribution in [1.29, 1.82) is 0 Å². The van der Waals surface area contributed by atoms with Crippen LogP contribution < -0.4 is 9.46 Å². The zero-order chi connectivity index (χ0) is 15.3. The Bertz CT molecular complexity index is 540. The van der Waals surface area contributed by atoms with Gasteiger partial charge >= 0.3 is 0 Å². The lowest BCUT2D eigenvalue weighted by atomic mass is 10.0. The quantitative estimate of drug-likeness (QED) is 0.838. The summed E-state index contributed by atoms with van der Waals surface area (Å²) in [6.07, 6.45) is 0. The second-order valence-electron chi connectivity index (χ2n) is 5.04. The van der Waals surface area contributed by atoms with Crippen molar-refractivity contribution in [3.63, 3.8) is 0 Å². The smallest absolute Gasteiger partial charge is 0.244 e. The monoisotopic (exact) mass is 301 g/mol. The van der Waals surface area contributed by atoms with Crippen LogP contribution in [0.3, 0.4) is 0 Å². The average molecular weight is 301 g/mol. The maximum atomic E-state index is 12.4. The molecule has 1 atom stereocenters.